The second-order valence-corrected chi connectivity index (χ2v) is 8.49. The number of carbonyl (C=O) groups excluding carboxylic acids is 1. The van der Waals surface area contributed by atoms with Crippen molar-refractivity contribution in [3.63, 3.8) is 0 Å². The molecule has 1 aromatic heterocycles. The van der Waals surface area contributed by atoms with Crippen LogP contribution in [0.5, 0.6) is 5.75 Å². The molecule has 2 aromatic carbocycles. The number of allylic oxidation sites excluding steroid dienone is 2. The summed E-state index contributed by atoms with van der Waals surface area (Å²) in [6, 6.07) is 13.4. The van der Waals surface area contributed by atoms with Gasteiger partial charge in [-0.2, -0.15) is 0 Å². The number of aromatic nitrogens is 2. The Morgan fingerprint density at radius 1 is 1.20 bits per heavy atom. The minimum atomic E-state index is -0.462. The van der Waals surface area contributed by atoms with Crippen LogP contribution in [0.25, 0.3) is 22.6 Å². The molecular weight excluding hydrogens is 464 g/mol. The maximum absolute atomic E-state index is 13.4. The second-order valence-electron chi connectivity index (χ2n) is 7.58. The van der Waals surface area contributed by atoms with Gasteiger partial charge in [-0.25, -0.2) is 4.98 Å². The molecule has 0 aliphatic carbocycles. The Bertz CT molecular complexity index is 1260. The minimum Gasteiger partial charge on any atom is -0.494 e. The molecule has 0 radical (unpaired) electrons. The summed E-state index contributed by atoms with van der Waals surface area (Å²) in [5, 5.41) is 16.9. The van der Waals surface area contributed by atoms with Crippen molar-refractivity contribution in [1.29, 1.82) is 0 Å². The highest BCUT2D eigenvalue weighted by molar-refractivity contribution is 8.05. The molecule has 3 aromatic rings. The molecule has 0 fully saturated rings. The van der Waals surface area contributed by atoms with E-state index in [1.807, 2.05) is 63.4 Å². The number of hydrogen-bond donors (Lipinski definition) is 2. The Kier molecular flexibility index (Phi) is 8.86. The van der Waals surface area contributed by atoms with Gasteiger partial charge in [-0.1, -0.05) is 36.9 Å². The molecule has 1 amide bonds. The first-order valence-electron chi connectivity index (χ1n) is 11.2. The lowest BCUT2D eigenvalue weighted by Crippen LogP contribution is -2.23. The zero-order valence-corrected chi connectivity index (χ0v) is 20.9. The van der Waals surface area contributed by atoms with Crippen LogP contribution in [-0.2, 0) is 0 Å². The maximum atomic E-state index is 13.4. The highest BCUT2D eigenvalue weighted by Crippen LogP contribution is 2.30. The van der Waals surface area contributed by atoms with E-state index in [2.05, 4.69) is 15.3 Å². The van der Waals surface area contributed by atoms with E-state index in [-0.39, 0.29) is 17.3 Å². The second kappa shape index (κ2) is 12.0. The fraction of sp³-hybridized carbons (Fsp3) is 0.231. The lowest BCUT2D eigenvalue weighted by molar-refractivity contribution is -0.384. The smallest absolute Gasteiger partial charge is 0.274 e. The van der Waals surface area contributed by atoms with Crippen LogP contribution in [0.3, 0.4) is 0 Å². The summed E-state index contributed by atoms with van der Waals surface area (Å²) in [6.07, 6.45) is 2.69. The summed E-state index contributed by atoms with van der Waals surface area (Å²) < 4.78 is 5.53. The van der Waals surface area contributed by atoms with Gasteiger partial charge in [-0.3, -0.25) is 14.9 Å². The molecule has 1 heterocycles. The monoisotopic (exact) mass is 492 g/mol. The largest absolute Gasteiger partial charge is 0.494 e. The third-order valence-corrected chi connectivity index (χ3v) is 6.26. The van der Waals surface area contributed by atoms with E-state index in [9.17, 15) is 14.9 Å². The van der Waals surface area contributed by atoms with E-state index in [0.29, 0.717) is 35.0 Å². The normalized spacial score (nSPS) is 11.9. The third-order valence-electron chi connectivity index (χ3n) is 5.17. The molecule has 2 N–H and O–H groups in total. The minimum absolute atomic E-state index is 0.0564. The van der Waals surface area contributed by atoms with Crippen LogP contribution in [-0.4, -0.2) is 27.4 Å². The predicted molar refractivity (Wildman–Crippen MR) is 140 cm³/mol. The van der Waals surface area contributed by atoms with Gasteiger partial charge in [-0.15, -0.1) is 0 Å². The van der Waals surface area contributed by atoms with Crippen LogP contribution in [0.1, 0.15) is 44.6 Å². The van der Waals surface area contributed by atoms with Crippen molar-refractivity contribution in [3.8, 4) is 28.4 Å². The van der Waals surface area contributed by atoms with Crippen molar-refractivity contribution in [2.24, 2.45) is 0 Å². The van der Waals surface area contributed by atoms with Gasteiger partial charge in [0.05, 0.1) is 16.6 Å². The van der Waals surface area contributed by atoms with Gasteiger partial charge in [-0.05, 0) is 62.4 Å². The Morgan fingerprint density at radius 3 is 2.57 bits per heavy atom. The van der Waals surface area contributed by atoms with Crippen molar-refractivity contribution < 1.29 is 14.5 Å². The number of H-pyrrole nitrogens is 1. The van der Waals surface area contributed by atoms with Gasteiger partial charge in [0.25, 0.3) is 11.6 Å². The number of amides is 1. The number of benzene rings is 2. The highest BCUT2D eigenvalue weighted by Gasteiger charge is 2.22. The van der Waals surface area contributed by atoms with Crippen LogP contribution >= 0.6 is 11.8 Å². The molecule has 8 nitrogen and oxygen atoms in total. The van der Waals surface area contributed by atoms with Gasteiger partial charge >= 0.3 is 0 Å². The Hall–Kier alpha value is -3.85. The first kappa shape index (κ1) is 25.8. The topological polar surface area (TPSA) is 110 Å². The number of nitrogens with one attached hydrogen (secondary N) is 2. The molecular formula is C26H28N4O4S. The fourth-order valence-corrected chi connectivity index (χ4v) is 3.99. The van der Waals surface area contributed by atoms with Crippen LogP contribution in [0.4, 0.5) is 5.69 Å². The number of ether oxygens (including phenoxy) is 1. The Labute approximate surface area is 208 Å². The third kappa shape index (κ3) is 6.39. The zero-order valence-electron chi connectivity index (χ0n) is 20.1. The van der Waals surface area contributed by atoms with Gasteiger partial charge in [0.15, 0.2) is 0 Å². The average Bonchev–Trinajstić information content (AvgIpc) is 3.32. The highest BCUT2D eigenvalue weighted by atomic mass is 32.2. The lowest BCUT2D eigenvalue weighted by atomic mass is 10.1. The zero-order chi connectivity index (χ0) is 25.4. The van der Waals surface area contributed by atoms with E-state index < -0.39 is 4.92 Å². The number of nitro groups is 1. The molecule has 0 aliphatic rings. The van der Waals surface area contributed by atoms with Crippen molar-refractivity contribution in [1.82, 2.24) is 15.3 Å². The van der Waals surface area contributed by atoms with E-state index in [0.717, 1.165) is 17.0 Å². The molecule has 0 aliphatic heterocycles. The molecule has 0 bridgehead atoms. The van der Waals surface area contributed by atoms with Gasteiger partial charge in [0.2, 0.25) is 0 Å². The van der Waals surface area contributed by atoms with Crippen LogP contribution in [0.2, 0.25) is 0 Å². The van der Waals surface area contributed by atoms with E-state index in [4.69, 9.17) is 4.74 Å². The van der Waals surface area contributed by atoms with Gasteiger partial charge < -0.3 is 15.0 Å². The molecule has 3 rings (SSSR count). The van der Waals surface area contributed by atoms with E-state index in [1.54, 1.807) is 12.1 Å². The summed E-state index contributed by atoms with van der Waals surface area (Å²) >= 11 is 1.44. The lowest BCUT2D eigenvalue weighted by Gasteiger charge is -2.11. The molecule has 0 spiro atoms. The van der Waals surface area contributed by atoms with Crippen molar-refractivity contribution in [3.05, 3.63) is 86.4 Å². The summed E-state index contributed by atoms with van der Waals surface area (Å²) in [5.41, 5.74) is 2.91. The molecule has 0 saturated heterocycles. The standard InChI is InChI=1S/C26H28N4O4S/c1-5-15-35-26(17(4)6-2)29-25(31)23-22(18-11-13-21(14-12-18)34-7-3)27-24(28-23)19-9-8-10-20(16-19)30(32)33/h5,8-16H,6-7H2,1-4H3,(H,27,28)(H,29,31)/b15-5-,26-17+. The summed E-state index contributed by atoms with van der Waals surface area (Å²) in [6.45, 7) is 8.37. The van der Waals surface area contributed by atoms with Crippen LogP contribution in [0, 0.1) is 10.1 Å². The van der Waals surface area contributed by atoms with Crippen LogP contribution in [0.15, 0.2) is 70.6 Å². The van der Waals surface area contributed by atoms with E-state index >= 15 is 0 Å². The van der Waals surface area contributed by atoms with Crippen molar-refractivity contribution in [2.75, 3.05) is 6.61 Å². The number of carbonyl (C=O) groups is 1. The fourth-order valence-electron chi connectivity index (χ4n) is 3.22. The van der Waals surface area contributed by atoms with Crippen LogP contribution < -0.4 is 10.1 Å². The SMILES string of the molecule is C/C=C\S/C(NC(=O)c1[nH]c(-c2cccc([N+](=O)[O-])c2)nc1-c1ccc(OCC)cc1)=C(\C)CC. The molecule has 35 heavy (non-hydrogen) atoms. The molecule has 182 valence electrons. The first-order valence-corrected chi connectivity index (χ1v) is 12.1. The molecule has 0 saturated carbocycles. The molecule has 0 atom stereocenters. The first-order chi connectivity index (χ1) is 16.9. The number of nitro benzene ring substituents is 1. The predicted octanol–water partition coefficient (Wildman–Crippen LogP) is 6.69. The number of imidazole rings is 1. The molecule has 0 unspecified atom stereocenters. The van der Waals surface area contributed by atoms with E-state index in [1.165, 1.54) is 23.9 Å². The number of thioether (sulfide) groups is 1. The number of rotatable bonds is 10. The number of non-ortho nitro benzene ring substituents is 1. The quantitative estimate of drug-likeness (QED) is 0.241. The number of aromatic amines is 1. The maximum Gasteiger partial charge on any atom is 0.274 e. The Morgan fingerprint density at radius 2 is 1.94 bits per heavy atom. The summed E-state index contributed by atoms with van der Waals surface area (Å²) in [4.78, 5) is 32.0. The molecule has 9 heteroatoms. The average molecular weight is 493 g/mol. The van der Waals surface area contributed by atoms with Gasteiger partial charge in [0, 0.05) is 23.3 Å². The van der Waals surface area contributed by atoms with Crippen molar-refractivity contribution in [2.45, 2.75) is 34.1 Å². The van der Waals surface area contributed by atoms with Crippen molar-refractivity contribution >= 4 is 23.4 Å². The Balaban J connectivity index is 2.08. The van der Waals surface area contributed by atoms with Gasteiger partial charge in [0.1, 0.15) is 23.0 Å². The summed E-state index contributed by atoms with van der Waals surface area (Å²) in [7, 11) is 0. The number of nitrogens with zero attached hydrogens (tertiary/aromatic N) is 2. The summed E-state index contributed by atoms with van der Waals surface area (Å²) in [5.74, 6) is 0.725. The number of hydrogen-bond acceptors (Lipinski definition) is 6.